The Labute approximate surface area is 161 Å². The zero-order valence-electron chi connectivity index (χ0n) is 15.0. The summed E-state index contributed by atoms with van der Waals surface area (Å²) in [5, 5.41) is 11.2. The van der Waals surface area contributed by atoms with Gasteiger partial charge in [-0.2, -0.15) is 0 Å². The summed E-state index contributed by atoms with van der Waals surface area (Å²) in [6.07, 6.45) is 0. The standard InChI is InChI=1S/C21H18FN3O3/c1-14(23)19(21(27)25-28)24-20(26)17-11-9-15(10-12-17)5-2-3-6-16-7-4-8-18(22)13-16/h4,7-14,19,28H,23H2,1H3,(H,24,26)(H,25,27)/t14-,19+/m1/s1. The lowest BCUT2D eigenvalue weighted by Gasteiger charge is -2.19. The Hall–Kier alpha value is -3.65. The van der Waals surface area contributed by atoms with Crippen molar-refractivity contribution in [1.82, 2.24) is 10.8 Å². The molecule has 2 atom stereocenters. The van der Waals surface area contributed by atoms with Crippen LogP contribution in [-0.2, 0) is 4.79 Å². The van der Waals surface area contributed by atoms with Crippen LogP contribution in [0, 0.1) is 29.5 Å². The van der Waals surface area contributed by atoms with Crippen LogP contribution in [-0.4, -0.2) is 29.1 Å². The molecule has 5 N–H and O–H groups in total. The maximum Gasteiger partial charge on any atom is 0.267 e. The van der Waals surface area contributed by atoms with Crippen molar-refractivity contribution in [3.05, 3.63) is 71.0 Å². The highest BCUT2D eigenvalue weighted by atomic mass is 19.1. The first kappa shape index (κ1) is 20.7. The van der Waals surface area contributed by atoms with Gasteiger partial charge in [-0.05, 0) is 61.2 Å². The van der Waals surface area contributed by atoms with Gasteiger partial charge in [-0.1, -0.05) is 17.9 Å². The molecular formula is C21H18FN3O3. The highest BCUT2D eigenvalue weighted by molar-refractivity contribution is 5.97. The summed E-state index contributed by atoms with van der Waals surface area (Å²) in [7, 11) is 0. The summed E-state index contributed by atoms with van der Waals surface area (Å²) in [5.41, 5.74) is 8.56. The summed E-state index contributed by atoms with van der Waals surface area (Å²) in [6, 6.07) is 10.4. The second-order valence-electron chi connectivity index (χ2n) is 5.87. The molecule has 0 bridgehead atoms. The van der Waals surface area contributed by atoms with Gasteiger partial charge in [-0.3, -0.25) is 14.8 Å². The van der Waals surface area contributed by atoms with E-state index < -0.39 is 23.9 Å². The van der Waals surface area contributed by atoms with E-state index in [0.717, 1.165) is 0 Å². The molecule has 2 amide bonds. The van der Waals surface area contributed by atoms with Gasteiger partial charge in [0.2, 0.25) is 0 Å². The maximum absolute atomic E-state index is 13.1. The van der Waals surface area contributed by atoms with Gasteiger partial charge in [-0.15, -0.1) is 0 Å². The molecule has 0 radical (unpaired) electrons. The van der Waals surface area contributed by atoms with Crippen LogP contribution in [0.25, 0.3) is 0 Å². The fraction of sp³-hybridized carbons (Fsp3) is 0.143. The van der Waals surface area contributed by atoms with Crippen LogP contribution in [0.5, 0.6) is 0 Å². The van der Waals surface area contributed by atoms with E-state index in [1.807, 2.05) is 0 Å². The molecule has 6 nitrogen and oxygen atoms in total. The molecule has 0 aromatic heterocycles. The predicted molar refractivity (Wildman–Crippen MR) is 101 cm³/mol. The number of amides is 2. The Balaban J connectivity index is 2.04. The van der Waals surface area contributed by atoms with Crippen LogP contribution in [0.1, 0.15) is 28.4 Å². The minimum Gasteiger partial charge on any atom is -0.339 e. The van der Waals surface area contributed by atoms with E-state index in [4.69, 9.17) is 10.9 Å². The number of carbonyl (C=O) groups is 2. The van der Waals surface area contributed by atoms with E-state index in [9.17, 15) is 14.0 Å². The minimum atomic E-state index is -1.07. The molecule has 0 aliphatic heterocycles. The summed E-state index contributed by atoms with van der Waals surface area (Å²) < 4.78 is 13.1. The van der Waals surface area contributed by atoms with Crippen molar-refractivity contribution < 1.29 is 19.2 Å². The van der Waals surface area contributed by atoms with E-state index in [2.05, 4.69) is 29.0 Å². The Morgan fingerprint density at radius 2 is 1.71 bits per heavy atom. The number of halogens is 1. The number of carbonyl (C=O) groups excluding carboxylic acids is 2. The summed E-state index contributed by atoms with van der Waals surface area (Å²) in [4.78, 5) is 23.8. The van der Waals surface area contributed by atoms with E-state index in [0.29, 0.717) is 16.7 Å². The molecule has 0 aliphatic carbocycles. The average Bonchev–Trinajstić information content (AvgIpc) is 2.69. The first-order valence-electron chi connectivity index (χ1n) is 8.28. The monoisotopic (exact) mass is 379 g/mol. The van der Waals surface area contributed by atoms with Gasteiger partial charge in [0.05, 0.1) is 0 Å². The molecule has 0 fully saturated rings. The van der Waals surface area contributed by atoms with Crippen LogP contribution >= 0.6 is 0 Å². The Bertz CT molecular complexity index is 980. The number of hydroxylamine groups is 1. The third-order valence-corrected chi connectivity index (χ3v) is 3.65. The van der Waals surface area contributed by atoms with E-state index >= 15 is 0 Å². The van der Waals surface area contributed by atoms with E-state index in [1.54, 1.807) is 24.3 Å². The molecule has 28 heavy (non-hydrogen) atoms. The summed E-state index contributed by atoms with van der Waals surface area (Å²) in [5.74, 6) is 9.16. The lowest BCUT2D eigenvalue weighted by atomic mass is 10.1. The topological polar surface area (TPSA) is 104 Å². The second kappa shape index (κ2) is 9.89. The molecule has 2 rings (SSSR count). The van der Waals surface area contributed by atoms with Gasteiger partial charge in [0.15, 0.2) is 0 Å². The van der Waals surface area contributed by atoms with Crippen molar-refractivity contribution in [1.29, 1.82) is 0 Å². The van der Waals surface area contributed by atoms with Crippen LogP contribution in [0.15, 0.2) is 48.5 Å². The van der Waals surface area contributed by atoms with E-state index in [1.165, 1.54) is 36.7 Å². The molecule has 0 heterocycles. The smallest absolute Gasteiger partial charge is 0.267 e. The zero-order valence-corrected chi connectivity index (χ0v) is 15.0. The fourth-order valence-corrected chi connectivity index (χ4v) is 2.21. The van der Waals surface area contributed by atoms with Gasteiger partial charge < -0.3 is 11.1 Å². The third kappa shape index (κ3) is 5.96. The van der Waals surface area contributed by atoms with Gasteiger partial charge in [0.1, 0.15) is 11.9 Å². The van der Waals surface area contributed by atoms with Crippen molar-refractivity contribution in [3.63, 3.8) is 0 Å². The van der Waals surface area contributed by atoms with Gasteiger partial charge in [0, 0.05) is 22.7 Å². The zero-order chi connectivity index (χ0) is 20.5. The molecule has 0 spiro atoms. The molecule has 0 saturated heterocycles. The summed E-state index contributed by atoms with van der Waals surface area (Å²) in [6.45, 7) is 1.53. The Morgan fingerprint density at radius 3 is 2.29 bits per heavy atom. The van der Waals surface area contributed by atoms with Crippen LogP contribution in [0.2, 0.25) is 0 Å². The van der Waals surface area contributed by atoms with Crippen molar-refractivity contribution in [2.45, 2.75) is 19.0 Å². The van der Waals surface area contributed by atoms with Gasteiger partial charge in [-0.25, -0.2) is 9.87 Å². The molecule has 7 heteroatoms. The minimum absolute atomic E-state index is 0.299. The summed E-state index contributed by atoms with van der Waals surface area (Å²) >= 11 is 0. The Kier molecular flexibility index (Phi) is 7.29. The molecule has 2 aromatic rings. The van der Waals surface area contributed by atoms with E-state index in [-0.39, 0.29) is 5.82 Å². The van der Waals surface area contributed by atoms with Crippen molar-refractivity contribution in [2.24, 2.45) is 5.73 Å². The van der Waals surface area contributed by atoms with Crippen LogP contribution in [0.3, 0.4) is 0 Å². The second-order valence-corrected chi connectivity index (χ2v) is 5.87. The number of nitrogens with one attached hydrogen (secondary N) is 2. The molecule has 2 aromatic carbocycles. The Morgan fingerprint density at radius 1 is 1.07 bits per heavy atom. The number of rotatable bonds is 4. The lowest BCUT2D eigenvalue weighted by Crippen LogP contribution is -2.54. The largest absolute Gasteiger partial charge is 0.339 e. The number of benzene rings is 2. The van der Waals surface area contributed by atoms with Crippen molar-refractivity contribution in [2.75, 3.05) is 0 Å². The molecule has 142 valence electrons. The average molecular weight is 379 g/mol. The fourth-order valence-electron chi connectivity index (χ4n) is 2.21. The highest BCUT2D eigenvalue weighted by Crippen LogP contribution is 2.05. The quantitative estimate of drug-likeness (QED) is 0.364. The molecular weight excluding hydrogens is 361 g/mol. The molecule has 0 saturated carbocycles. The van der Waals surface area contributed by atoms with Crippen molar-refractivity contribution >= 4 is 11.8 Å². The predicted octanol–water partition coefficient (Wildman–Crippen LogP) is 1.18. The first-order chi connectivity index (χ1) is 13.4. The van der Waals surface area contributed by atoms with Crippen LogP contribution < -0.4 is 16.5 Å². The lowest BCUT2D eigenvalue weighted by molar-refractivity contribution is -0.131. The first-order valence-corrected chi connectivity index (χ1v) is 8.28. The number of hydrogen-bond donors (Lipinski definition) is 4. The highest BCUT2D eigenvalue weighted by Gasteiger charge is 2.24. The molecule has 0 aliphatic rings. The SMILES string of the molecule is C[C@@H](N)[C@H](NC(=O)c1ccc(C#CC#Cc2cccc(F)c2)cc1)C(=O)NO. The van der Waals surface area contributed by atoms with Gasteiger partial charge in [0.25, 0.3) is 11.8 Å². The number of hydrogen-bond acceptors (Lipinski definition) is 4. The van der Waals surface area contributed by atoms with Gasteiger partial charge >= 0.3 is 0 Å². The third-order valence-electron chi connectivity index (χ3n) is 3.65. The maximum atomic E-state index is 13.1. The molecule has 0 unspecified atom stereocenters. The normalized spacial score (nSPS) is 11.7. The van der Waals surface area contributed by atoms with Crippen molar-refractivity contribution in [3.8, 4) is 23.7 Å². The van der Waals surface area contributed by atoms with Crippen LogP contribution in [0.4, 0.5) is 4.39 Å². The number of nitrogens with two attached hydrogens (primary N) is 1.